The number of methoxy groups -OCH3 is 1. The van der Waals surface area contributed by atoms with Gasteiger partial charge >= 0.3 is 0 Å². The number of anilines is 2. The van der Waals surface area contributed by atoms with Gasteiger partial charge in [0.15, 0.2) is 0 Å². The number of aromatic nitrogens is 1. The molecule has 0 aliphatic heterocycles. The molecule has 0 unspecified atom stereocenters. The van der Waals surface area contributed by atoms with E-state index in [0.29, 0.717) is 11.4 Å². The molecular formula is C22H23N3O3. The average molecular weight is 377 g/mol. The zero-order chi connectivity index (χ0) is 19.9. The Morgan fingerprint density at radius 1 is 1.04 bits per heavy atom. The van der Waals surface area contributed by atoms with Gasteiger partial charge in [0.05, 0.1) is 24.8 Å². The molecule has 28 heavy (non-hydrogen) atoms. The molecule has 0 saturated heterocycles. The van der Waals surface area contributed by atoms with Crippen LogP contribution >= 0.6 is 0 Å². The molecular weight excluding hydrogens is 354 g/mol. The van der Waals surface area contributed by atoms with E-state index < -0.39 is 12.1 Å². The standard InChI is InChI=1S/C22H23N3O3/c1-15(20(26)16-7-4-3-5-8-16)24-22(27)19-9-6-14-23-21(19)25-17-10-12-18(28-2)13-11-17/h3-15,20,26H,1-2H3,(H,23,25)(H,24,27)/t15-,20-/m0/s1. The molecule has 0 aliphatic carbocycles. The third kappa shape index (κ3) is 4.66. The molecule has 144 valence electrons. The lowest BCUT2D eigenvalue weighted by Gasteiger charge is -2.21. The van der Waals surface area contributed by atoms with Crippen molar-refractivity contribution in [3.05, 3.63) is 84.1 Å². The first-order chi connectivity index (χ1) is 13.6. The number of ether oxygens (including phenoxy) is 1. The van der Waals surface area contributed by atoms with E-state index in [9.17, 15) is 9.90 Å². The average Bonchev–Trinajstić information content (AvgIpc) is 2.74. The van der Waals surface area contributed by atoms with Gasteiger partial charge in [0.2, 0.25) is 0 Å². The highest BCUT2D eigenvalue weighted by molar-refractivity contribution is 5.99. The summed E-state index contributed by atoms with van der Waals surface area (Å²) in [7, 11) is 1.61. The SMILES string of the molecule is COc1ccc(Nc2ncccc2C(=O)N[C@@H](C)[C@H](O)c2ccccc2)cc1. The Labute approximate surface area is 164 Å². The van der Waals surface area contributed by atoms with Crippen LogP contribution in [-0.4, -0.2) is 29.1 Å². The molecule has 0 bridgehead atoms. The number of benzene rings is 2. The monoisotopic (exact) mass is 377 g/mol. The first-order valence-electron chi connectivity index (χ1n) is 8.98. The van der Waals surface area contributed by atoms with E-state index in [1.807, 2.05) is 54.6 Å². The number of carbonyl (C=O) groups is 1. The van der Waals surface area contributed by atoms with E-state index >= 15 is 0 Å². The number of amides is 1. The number of pyridine rings is 1. The zero-order valence-corrected chi connectivity index (χ0v) is 15.8. The molecule has 0 saturated carbocycles. The molecule has 1 aromatic heterocycles. The smallest absolute Gasteiger partial charge is 0.255 e. The van der Waals surface area contributed by atoms with Crippen molar-refractivity contribution in [3.63, 3.8) is 0 Å². The van der Waals surface area contributed by atoms with Crippen LogP contribution in [0.4, 0.5) is 11.5 Å². The second kappa shape index (κ2) is 9.01. The van der Waals surface area contributed by atoms with E-state index in [0.717, 1.165) is 17.0 Å². The lowest BCUT2D eigenvalue weighted by molar-refractivity contribution is 0.0852. The van der Waals surface area contributed by atoms with Crippen LogP contribution in [0, 0.1) is 0 Å². The molecule has 3 N–H and O–H groups in total. The van der Waals surface area contributed by atoms with E-state index in [2.05, 4.69) is 15.6 Å². The molecule has 6 nitrogen and oxygen atoms in total. The van der Waals surface area contributed by atoms with Crippen molar-refractivity contribution < 1.29 is 14.6 Å². The lowest BCUT2D eigenvalue weighted by atomic mass is 10.0. The largest absolute Gasteiger partial charge is 0.497 e. The number of nitrogens with zero attached hydrogens (tertiary/aromatic N) is 1. The fourth-order valence-corrected chi connectivity index (χ4v) is 2.80. The fourth-order valence-electron chi connectivity index (χ4n) is 2.80. The Morgan fingerprint density at radius 2 is 1.75 bits per heavy atom. The summed E-state index contributed by atoms with van der Waals surface area (Å²) in [4.78, 5) is 17.1. The summed E-state index contributed by atoms with van der Waals surface area (Å²) in [5.74, 6) is 0.867. The predicted molar refractivity (Wildman–Crippen MR) is 109 cm³/mol. The molecule has 2 aromatic carbocycles. The topological polar surface area (TPSA) is 83.5 Å². The van der Waals surface area contributed by atoms with Crippen molar-refractivity contribution in [3.8, 4) is 5.75 Å². The Kier molecular flexibility index (Phi) is 6.24. The van der Waals surface area contributed by atoms with Gasteiger partial charge in [0, 0.05) is 11.9 Å². The summed E-state index contributed by atoms with van der Waals surface area (Å²) in [6.07, 6.45) is 0.810. The highest BCUT2D eigenvalue weighted by atomic mass is 16.5. The second-order valence-electron chi connectivity index (χ2n) is 6.37. The molecule has 2 atom stereocenters. The first-order valence-corrected chi connectivity index (χ1v) is 8.98. The summed E-state index contributed by atoms with van der Waals surface area (Å²) in [6.45, 7) is 1.77. The summed E-state index contributed by atoms with van der Waals surface area (Å²) >= 11 is 0. The van der Waals surface area contributed by atoms with E-state index in [-0.39, 0.29) is 5.91 Å². The molecule has 3 aromatic rings. The maximum Gasteiger partial charge on any atom is 0.255 e. The molecule has 0 radical (unpaired) electrons. The van der Waals surface area contributed by atoms with E-state index in [4.69, 9.17) is 4.74 Å². The van der Waals surface area contributed by atoms with Gasteiger partial charge in [-0.15, -0.1) is 0 Å². The van der Waals surface area contributed by atoms with Crippen molar-refractivity contribution in [2.75, 3.05) is 12.4 Å². The molecule has 0 fully saturated rings. The Balaban J connectivity index is 1.73. The van der Waals surface area contributed by atoms with Gasteiger partial charge in [0.25, 0.3) is 5.91 Å². The van der Waals surface area contributed by atoms with E-state index in [1.54, 1.807) is 32.4 Å². The molecule has 1 heterocycles. The molecule has 6 heteroatoms. The van der Waals surface area contributed by atoms with Crippen molar-refractivity contribution in [2.45, 2.75) is 19.1 Å². The highest BCUT2D eigenvalue weighted by Gasteiger charge is 2.21. The maximum absolute atomic E-state index is 12.8. The van der Waals surface area contributed by atoms with Crippen molar-refractivity contribution in [1.82, 2.24) is 10.3 Å². The van der Waals surface area contributed by atoms with Crippen LogP contribution in [0.3, 0.4) is 0 Å². The van der Waals surface area contributed by atoms with Crippen molar-refractivity contribution in [1.29, 1.82) is 0 Å². The number of rotatable bonds is 7. The number of hydrogen-bond acceptors (Lipinski definition) is 5. The Morgan fingerprint density at radius 3 is 2.43 bits per heavy atom. The van der Waals surface area contributed by atoms with Crippen LogP contribution in [-0.2, 0) is 0 Å². The minimum absolute atomic E-state index is 0.313. The minimum atomic E-state index is -0.806. The Hall–Kier alpha value is -3.38. The number of aliphatic hydroxyl groups is 1. The summed E-state index contributed by atoms with van der Waals surface area (Å²) < 4.78 is 5.15. The summed E-state index contributed by atoms with van der Waals surface area (Å²) in [5, 5.41) is 16.5. The summed E-state index contributed by atoms with van der Waals surface area (Å²) in [6, 6.07) is 19.5. The van der Waals surface area contributed by atoms with Gasteiger partial charge in [0.1, 0.15) is 11.6 Å². The number of aliphatic hydroxyl groups excluding tert-OH is 1. The first kappa shape index (κ1) is 19.4. The maximum atomic E-state index is 12.8. The number of carbonyl (C=O) groups excluding carboxylic acids is 1. The third-order valence-corrected chi connectivity index (χ3v) is 4.38. The number of nitrogens with one attached hydrogen (secondary N) is 2. The van der Waals surface area contributed by atoms with Crippen molar-refractivity contribution >= 4 is 17.4 Å². The minimum Gasteiger partial charge on any atom is -0.497 e. The van der Waals surface area contributed by atoms with Gasteiger partial charge in [-0.2, -0.15) is 0 Å². The molecule has 0 spiro atoms. The number of hydrogen-bond donors (Lipinski definition) is 3. The van der Waals surface area contributed by atoms with Crippen LogP contribution < -0.4 is 15.4 Å². The van der Waals surface area contributed by atoms with Gasteiger partial charge < -0.3 is 20.5 Å². The molecule has 3 rings (SSSR count). The van der Waals surface area contributed by atoms with Gasteiger partial charge in [-0.05, 0) is 48.9 Å². The fraction of sp³-hybridized carbons (Fsp3) is 0.182. The van der Waals surface area contributed by atoms with Crippen LogP contribution in [0.2, 0.25) is 0 Å². The Bertz CT molecular complexity index is 914. The lowest BCUT2D eigenvalue weighted by Crippen LogP contribution is -2.37. The summed E-state index contributed by atoms with van der Waals surface area (Å²) in [5.41, 5.74) is 1.93. The zero-order valence-electron chi connectivity index (χ0n) is 15.8. The van der Waals surface area contributed by atoms with E-state index in [1.165, 1.54) is 0 Å². The van der Waals surface area contributed by atoms with Crippen LogP contribution in [0.1, 0.15) is 28.9 Å². The quantitative estimate of drug-likeness (QED) is 0.585. The molecule has 1 amide bonds. The van der Waals surface area contributed by atoms with Gasteiger partial charge in [-0.25, -0.2) is 4.98 Å². The predicted octanol–water partition coefficient (Wildman–Crippen LogP) is 3.69. The van der Waals surface area contributed by atoms with Gasteiger partial charge in [-0.1, -0.05) is 30.3 Å². The second-order valence-corrected chi connectivity index (χ2v) is 6.37. The van der Waals surface area contributed by atoms with Crippen LogP contribution in [0.5, 0.6) is 5.75 Å². The van der Waals surface area contributed by atoms with Crippen LogP contribution in [0.15, 0.2) is 72.9 Å². The van der Waals surface area contributed by atoms with Crippen LogP contribution in [0.25, 0.3) is 0 Å². The van der Waals surface area contributed by atoms with Crippen molar-refractivity contribution in [2.24, 2.45) is 0 Å². The third-order valence-electron chi connectivity index (χ3n) is 4.38. The highest BCUT2D eigenvalue weighted by Crippen LogP contribution is 2.22. The molecule has 0 aliphatic rings. The normalized spacial score (nSPS) is 12.7. The van der Waals surface area contributed by atoms with Gasteiger partial charge in [-0.3, -0.25) is 4.79 Å².